The highest BCUT2D eigenvalue weighted by Gasteiger charge is 2.32. The quantitative estimate of drug-likeness (QED) is 0.508. The van der Waals surface area contributed by atoms with Gasteiger partial charge in [-0.15, -0.1) is 0 Å². The van der Waals surface area contributed by atoms with Crippen molar-refractivity contribution >= 4 is 10.0 Å². The molecule has 0 spiro atoms. The van der Waals surface area contributed by atoms with Gasteiger partial charge in [0.05, 0.1) is 27.4 Å². The minimum absolute atomic E-state index is 0.0800. The summed E-state index contributed by atoms with van der Waals surface area (Å²) in [5, 5.41) is 14.3. The highest BCUT2D eigenvalue weighted by atomic mass is 32.2. The van der Waals surface area contributed by atoms with E-state index < -0.39 is 22.2 Å². The largest absolute Gasteiger partial charge is 0.497 e. The number of rotatable bonds is 9. The van der Waals surface area contributed by atoms with Gasteiger partial charge in [-0.2, -0.15) is 9.40 Å². The zero-order valence-corrected chi connectivity index (χ0v) is 19.3. The number of hydrogen-bond donors (Lipinski definition) is 1. The Kier molecular flexibility index (Phi) is 6.99. The van der Waals surface area contributed by atoms with E-state index in [1.807, 2.05) is 24.3 Å². The van der Waals surface area contributed by atoms with Gasteiger partial charge in [0.1, 0.15) is 23.6 Å². The molecular formula is C23H27N3O6S. The Bertz CT molecular complexity index is 1110. The molecule has 4 rings (SSSR count). The number of aliphatic hydroxyl groups excluding tert-OH is 1. The number of sulfonamides is 1. The van der Waals surface area contributed by atoms with E-state index in [9.17, 15) is 13.5 Å². The molecule has 0 bridgehead atoms. The van der Waals surface area contributed by atoms with Crippen LogP contribution in [-0.2, 0) is 27.8 Å². The summed E-state index contributed by atoms with van der Waals surface area (Å²) in [5.41, 5.74) is 1.62. The Balaban J connectivity index is 1.63. The number of ether oxygens (including phenoxy) is 3. The second-order valence-corrected chi connectivity index (χ2v) is 9.66. The van der Waals surface area contributed by atoms with Gasteiger partial charge in [0.25, 0.3) is 10.0 Å². The molecule has 0 amide bonds. The van der Waals surface area contributed by atoms with Crippen molar-refractivity contribution in [3.63, 3.8) is 0 Å². The molecule has 0 aliphatic carbocycles. The van der Waals surface area contributed by atoms with E-state index in [0.29, 0.717) is 11.5 Å². The average molecular weight is 474 g/mol. The van der Waals surface area contributed by atoms with Gasteiger partial charge in [0, 0.05) is 19.3 Å². The standard InChI is InChI=1S/C23H27N3O6S/c1-30-19-7-3-17(4-8-19)13-25(14-18-5-9-20(31-2)10-6-18)33(28,29)23-11-12-26(24-23)21-15-32-16-22(21)27/h3-12,21-22,27H,13-16H2,1-2H3/t21?,22-/m0/s1. The van der Waals surface area contributed by atoms with E-state index >= 15 is 0 Å². The monoisotopic (exact) mass is 473 g/mol. The maximum absolute atomic E-state index is 13.6. The van der Waals surface area contributed by atoms with Gasteiger partial charge in [-0.1, -0.05) is 24.3 Å². The molecule has 1 saturated heterocycles. The minimum atomic E-state index is -3.94. The van der Waals surface area contributed by atoms with Gasteiger partial charge < -0.3 is 19.3 Å². The van der Waals surface area contributed by atoms with Crippen LogP contribution in [0.2, 0.25) is 0 Å². The molecule has 1 aliphatic heterocycles. The maximum atomic E-state index is 13.6. The molecule has 2 atom stereocenters. The van der Waals surface area contributed by atoms with Gasteiger partial charge in [0.2, 0.25) is 0 Å². The molecule has 3 aromatic rings. The first kappa shape index (κ1) is 23.2. The lowest BCUT2D eigenvalue weighted by Crippen LogP contribution is -2.31. The second-order valence-electron chi connectivity index (χ2n) is 7.78. The summed E-state index contributed by atoms with van der Waals surface area (Å²) in [6, 6.07) is 15.6. The Morgan fingerprint density at radius 1 is 0.970 bits per heavy atom. The fraction of sp³-hybridized carbons (Fsp3) is 0.348. The van der Waals surface area contributed by atoms with Crippen molar-refractivity contribution in [2.45, 2.75) is 30.3 Å². The molecule has 1 N–H and O–H groups in total. The van der Waals surface area contributed by atoms with E-state index in [2.05, 4.69) is 5.10 Å². The molecule has 10 heteroatoms. The van der Waals surface area contributed by atoms with Crippen LogP contribution in [0, 0.1) is 0 Å². The van der Waals surface area contributed by atoms with Crippen LogP contribution < -0.4 is 9.47 Å². The number of benzene rings is 2. The van der Waals surface area contributed by atoms with Crippen LogP contribution in [0.25, 0.3) is 0 Å². The molecule has 33 heavy (non-hydrogen) atoms. The zero-order valence-electron chi connectivity index (χ0n) is 18.5. The number of aliphatic hydroxyl groups is 1. The average Bonchev–Trinajstić information content (AvgIpc) is 3.49. The molecule has 1 aromatic heterocycles. The third-order valence-corrected chi connectivity index (χ3v) is 7.27. The molecule has 176 valence electrons. The number of aromatic nitrogens is 2. The van der Waals surface area contributed by atoms with Crippen molar-refractivity contribution < 1.29 is 27.7 Å². The lowest BCUT2D eigenvalue weighted by molar-refractivity contribution is 0.117. The Hall–Kier alpha value is -2.92. The van der Waals surface area contributed by atoms with E-state index in [-0.39, 0.29) is 31.3 Å². The van der Waals surface area contributed by atoms with E-state index in [0.717, 1.165) is 11.1 Å². The van der Waals surface area contributed by atoms with E-state index in [1.165, 1.54) is 15.1 Å². The van der Waals surface area contributed by atoms with Crippen molar-refractivity contribution in [1.29, 1.82) is 0 Å². The summed E-state index contributed by atoms with van der Waals surface area (Å²) in [7, 11) is -0.776. The summed E-state index contributed by atoms with van der Waals surface area (Å²) in [6.07, 6.45) is 0.837. The van der Waals surface area contributed by atoms with Crippen molar-refractivity contribution in [2.24, 2.45) is 0 Å². The molecule has 0 radical (unpaired) electrons. The van der Waals surface area contributed by atoms with Crippen LogP contribution in [0.15, 0.2) is 65.8 Å². The summed E-state index contributed by atoms with van der Waals surface area (Å²) in [6.45, 7) is 0.790. The molecular weight excluding hydrogens is 446 g/mol. The number of nitrogens with zero attached hydrogens (tertiary/aromatic N) is 3. The van der Waals surface area contributed by atoms with Gasteiger partial charge in [-0.3, -0.25) is 4.68 Å². The molecule has 2 aromatic carbocycles. The summed E-state index contributed by atoms with van der Waals surface area (Å²) in [5.74, 6) is 1.39. The third kappa shape index (κ3) is 5.19. The molecule has 9 nitrogen and oxygen atoms in total. The van der Waals surface area contributed by atoms with E-state index in [1.54, 1.807) is 44.7 Å². The van der Waals surface area contributed by atoms with Crippen LogP contribution in [0.4, 0.5) is 0 Å². The summed E-state index contributed by atoms with van der Waals surface area (Å²) < 4.78 is 45.7. The summed E-state index contributed by atoms with van der Waals surface area (Å²) in [4.78, 5) is 0. The SMILES string of the molecule is COc1ccc(CN(Cc2ccc(OC)cc2)S(=O)(=O)c2ccn(C3COC[C@@H]3O)n2)cc1. The van der Waals surface area contributed by atoms with Crippen LogP contribution >= 0.6 is 0 Å². The highest BCUT2D eigenvalue weighted by molar-refractivity contribution is 7.89. The van der Waals surface area contributed by atoms with Crippen molar-refractivity contribution in [2.75, 3.05) is 27.4 Å². The van der Waals surface area contributed by atoms with Crippen molar-refractivity contribution in [3.05, 3.63) is 71.9 Å². The smallest absolute Gasteiger partial charge is 0.262 e. The topological polar surface area (TPSA) is 103 Å². The third-order valence-electron chi connectivity index (χ3n) is 5.59. The fourth-order valence-corrected chi connectivity index (χ4v) is 4.99. The lowest BCUT2D eigenvalue weighted by atomic mass is 10.2. The predicted octanol–water partition coefficient (Wildman–Crippen LogP) is 2.22. The van der Waals surface area contributed by atoms with Crippen LogP contribution in [0.5, 0.6) is 11.5 Å². The zero-order chi connectivity index (χ0) is 23.4. The molecule has 2 heterocycles. The summed E-state index contributed by atoms with van der Waals surface area (Å²) >= 11 is 0. The molecule has 1 unspecified atom stereocenters. The molecule has 1 aliphatic rings. The second kappa shape index (κ2) is 9.92. The lowest BCUT2D eigenvalue weighted by Gasteiger charge is -2.22. The van der Waals surface area contributed by atoms with Crippen molar-refractivity contribution in [1.82, 2.24) is 14.1 Å². The highest BCUT2D eigenvalue weighted by Crippen LogP contribution is 2.25. The number of methoxy groups -OCH3 is 2. The predicted molar refractivity (Wildman–Crippen MR) is 121 cm³/mol. The molecule has 1 fully saturated rings. The first-order valence-electron chi connectivity index (χ1n) is 10.5. The van der Waals surface area contributed by atoms with Gasteiger partial charge >= 0.3 is 0 Å². The maximum Gasteiger partial charge on any atom is 0.262 e. The Morgan fingerprint density at radius 2 is 1.52 bits per heavy atom. The first-order valence-corrected chi connectivity index (χ1v) is 11.9. The van der Waals surface area contributed by atoms with Crippen molar-refractivity contribution in [3.8, 4) is 11.5 Å². The fourth-order valence-electron chi connectivity index (χ4n) is 3.65. The Morgan fingerprint density at radius 3 is 1.97 bits per heavy atom. The normalized spacial score (nSPS) is 18.5. The van der Waals surface area contributed by atoms with Gasteiger partial charge in [-0.05, 0) is 41.5 Å². The van der Waals surface area contributed by atoms with Crippen LogP contribution in [0.1, 0.15) is 17.2 Å². The van der Waals surface area contributed by atoms with Gasteiger partial charge in [0.15, 0.2) is 5.03 Å². The molecule has 0 saturated carbocycles. The minimum Gasteiger partial charge on any atom is -0.497 e. The van der Waals surface area contributed by atoms with Crippen LogP contribution in [0.3, 0.4) is 0 Å². The number of hydrogen-bond acceptors (Lipinski definition) is 7. The van der Waals surface area contributed by atoms with Gasteiger partial charge in [-0.25, -0.2) is 8.42 Å². The Labute approximate surface area is 193 Å². The van der Waals surface area contributed by atoms with E-state index in [4.69, 9.17) is 14.2 Å². The first-order chi connectivity index (χ1) is 15.9. The van der Waals surface area contributed by atoms with Crippen LogP contribution in [-0.4, -0.2) is 61.1 Å².